The van der Waals surface area contributed by atoms with Crippen molar-refractivity contribution in [2.24, 2.45) is 0 Å². The van der Waals surface area contributed by atoms with E-state index in [1.54, 1.807) is 0 Å². The molecule has 3 nitrogen and oxygen atoms in total. The summed E-state index contributed by atoms with van der Waals surface area (Å²) < 4.78 is 33.9. The lowest BCUT2D eigenvalue weighted by Gasteiger charge is -2.26. The lowest BCUT2D eigenvalue weighted by molar-refractivity contribution is -0.225. The Balaban J connectivity index is 2.04. The maximum absolute atomic E-state index is 12.2. The van der Waals surface area contributed by atoms with Crippen LogP contribution in [0.5, 0.6) is 0 Å². The third kappa shape index (κ3) is 5.13. The normalized spacial score (nSPS) is 20.5. The zero-order valence-electron chi connectivity index (χ0n) is 7.76. The first-order valence-electron chi connectivity index (χ1n) is 4.40. The zero-order valence-corrected chi connectivity index (χ0v) is 7.76. The van der Waals surface area contributed by atoms with Gasteiger partial charge in [-0.05, 0) is 0 Å². The van der Waals surface area contributed by atoms with Crippen LogP contribution in [0.15, 0.2) is 0 Å². The summed E-state index contributed by atoms with van der Waals surface area (Å²) in [6.45, 7) is 4.35. The van der Waals surface area contributed by atoms with E-state index in [0.29, 0.717) is 19.8 Å². The van der Waals surface area contributed by atoms with E-state index in [0.717, 1.165) is 20.0 Å². The van der Waals surface area contributed by atoms with E-state index in [-0.39, 0.29) is 6.61 Å². The number of ether oxygens (including phenoxy) is 2. The summed E-state index contributed by atoms with van der Waals surface area (Å²) in [5.74, 6) is 0. The summed E-state index contributed by atoms with van der Waals surface area (Å²) in [6.07, 6.45) is -3.01. The van der Waals surface area contributed by atoms with Crippen LogP contribution in [0.25, 0.3) is 0 Å². The summed E-state index contributed by atoms with van der Waals surface area (Å²) in [7, 11) is 0. The molecule has 0 N–H and O–H groups in total. The number of hydrogen-bond donors (Lipinski definition) is 0. The van der Waals surface area contributed by atoms with E-state index in [2.05, 4.69) is 9.64 Å². The van der Waals surface area contributed by atoms with Gasteiger partial charge in [0.2, 0.25) is 0 Å². The predicted octanol–water partition coefficient (Wildman–Crippen LogP) is 0.948. The highest BCUT2D eigenvalue weighted by atomic mass is 19.3. The van der Waals surface area contributed by atoms with Crippen molar-refractivity contribution in [3.8, 4) is 0 Å². The fraction of sp³-hybridized carbons (Fsp3) is 1.00. The van der Waals surface area contributed by atoms with Gasteiger partial charge in [0.1, 0.15) is 0 Å². The first kappa shape index (κ1) is 10.8. The van der Waals surface area contributed by atoms with Gasteiger partial charge < -0.3 is 9.47 Å². The second-order valence-electron chi connectivity index (χ2n) is 3.11. The van der Waals surface area contributed by atoms with Crippen molar-refractivity contribution in [2.45, 2.75) is 13.0 Å². The number of hydrogen-bond acceptors (Lipinski definition) is 3. The van der Waals surface area contributed by atoms with Crippen LogP contribution < -0.4 is 0 Å². The van der Waals surface area contributed by atoms with Crippen LogP contribution in [0.4, 0.5) is 8.78 Å². The van der Waals surface area contributed by atoms with E-state index in [1.807, 2.05) is 0 Å². The van der Waals surface area contributed by atoms with Crippen LogP contribution in [0.1, 0.15) is 6.92 Å². The number of alkyl halides is 2. The Morgan fingerprint density at radius 2 is 2.00 bits per heavy atom. The van der Waals surface area contributed by atoms with Gasteiger partial charge in [-0.2, -0.15) is 8.78 Å². The summed E-state index contributed by atoms with van der Waals surface area (Å²) in [6, 6.07) is 0. The molecule has 0 amide bonds. The van der Waals surface area contributed by atoms with Gasteiger partial charge in [-0.25, -0.2) is 0 Å². The van der Waals surface area contributed by atoms with Crippen molar-refractivity contribution in [3.63, 3.8) is 0 Å². The molecule has 5 heteroatoms. The van der Waals surface area contributed by atoms with Crippen LogP contribution in [0, 0.1) is 0 Å². The van der Waals surface area contributed by atoms with Crippen molar-refractivity contribution in [3.05, 3.63) is 0 Å². The molecule has 1 fully saturated rings. The lowest BCUT2D eigenvalue weighted by atomic mass is 10.4. The van der Waals surface area contributed by atoms with Crippen LogP contribution >= 0.6 is 0 Å². The molecular formula is C8H15F2NO2. The average Bonchev–Trinajstić information content (AvgIpc) is 2.04. The minimum absolute atomic E-state index is 0.0729. The highest BCUT2D eigenvalue weighted by molar-refractivity contribution is 4.61. The Bertz CT molecular complexity index is 144. The predicted molar refractivity (Wildman–Crippen MR) is 43.8 cm³/mol. The first-order chi connectivity index (χ1) is 6.08. The van der Waals surface area contributed by atoms with Gasteiger partial charge in [0.05, 0.1) is 19.8 Å². The molecule has 0 aliphatic carbocycles. The fourth-order valence-corrected chi connectivity index (χ4v) is 1.18. The standard InChI is InChI=1S/C8H15F2NO2/c1-8(9,10)13-7-4-11-2-5-12-6-3-11/h2-7H2,1H3. The Hall–Kier alpha value is -0.260. The molecule has 0 saturated carbocycles. The van der Waals surface area contributed by atoms with Crippen LogP contribution in [0.3, 0.4) is 0 Å². The molecule has 0 aromatic carbocycles. The molecule has 1 aliphatic rings. The molecule has 1 saturated heterocycles. The molecular weight excluding hydrogens is 180 g/mol. The average molecular weight is 195 g/mol. The monoisotopic (exact) mass is 195 g/mol. The third-order valence-electron chi connectivity index (χ3n) is 1.87. The molecule has 0 spiro atoms. The molecule has 0 bridgehead atoms. The molecule has 1 aliphatic heterocycles. The van der Waals surface area contributed by atoms with Crippen LogP contribution in [-0.2, 0) is 9.47 Å². The molecule has 13 heavy (non-hydrogen) atoms. The van der Waals surface area contributed by atoms with E-state index < -0.39 is 6.11 Å². The molecule has 78 valence electrons. The smallest absolute Gasteiger partial charge is 0.352 e. The van der Waals surface area contributed by atoms with Gasteiger partial charge in [-0.3, -0.25) is 4.90 Å². The van der Waals surface area contributed by atoms with Gasteiger partial charge in [-0.15, -0.1) is 0 Å². The molecule has 1 rings (SSSR count). The topological polar surface area (TPSA) is 21.7 Å². The Labute approximate surface area is 76.6 Å². The SMILES string of the molecule is CC(F)(F)OCCN1CCOCC1. The van der Waals surface area contributed by atoms with E-state index in [1.165, 1.54) is 0 Å². The highest BCUT2D eigenvalue weighted by Gasteiger charge is 2.21. The second kappa shape index (κ2) is 4.83. The van der Waals surface area contributed by atoms with E-state index >= 15 is 0 Å². The van der Waals surface area contributed by atoms with E-state index in [9.17, 15) is 8.78 Å². The zero-order chi connectivity index (χ0) is 9.73. The van der Waals surface area contributed by atoms with Crippen molar-refractivity contribution in [1.82, 2.24) is 4.90 Å². The minimum Gasteiger partial charge on any atom is -0.379 e. The maximum atomic E-state index is 12.2. The van der Waals surface area contributed by atoms with Gasteiger partial charge in [0.15, 0.2) is 0 Å². The van der Waals surface area contributed by atoms with Crippen molar-refractivity contribution in [2.75, 3.05) is 39.5 Å². The molecule has 0 aromatic heterocycles. The minimum atomic E-state index is -3.01. The largest absolute Gasteiger partial charge is 0.379 e. The second-order valence-corrected chi connectivity index (χ2v) is 3.11. The third-order valence-corrected chi connectivity index (χ3v) is 1.87. The summed E-state index contributed by atoms with van der Waals surface area (Å²) >= 11 is 0. The van der Waals surface area contributed by atoms with Crippen molar-refractivity contribution in [1.29, 1.82) is 0 Å². The molecule has 1 heterocycles. The van der Waals surface area contributed by atoms with Gasteiger partial charge >= 0.3 is 6.11 Å². The maximum Gasteiger partial charge on any atom is 0.352 e. The molecule has 0 aromatic rings. The number of nitrogens with zero attached hydrogens (tertiary/aromatic N) is 1. The quantitative estimate of drug-likeness (QED) is 0.666. The molecule has 0 radical (unpaired) electrons. The lowest BCUT2D eigenvalue weighted by Crippen LogP contribution is -2.39. The highest BCUT2D eigenvalue weighted by Crippen LogP contribution is 2.12. The summed E-state index contributed by atoms with van der Waals surface area (Å²) in [5.41, 5.74) is 0. The number of morpholine rings is 1. The van der Waals surface area contributed by atoms with E-state index in [4.69, 9.17) is 4.74 Å². The first-order valence-corrected chi connectivity index (χ1v) is 4.40. The molecule has 0 atom stereocenters. The van der Waals surface area contributed by atoms with Gasteiger partial charge in [0, 0.05) is 26.6 Å². The number of halogens is 2. The van der Waals surface area contributed by atoms with Gasteiger partial charge in [-0.1, -0.05) is 0 Å². The Morgan fingerprint density at radius 1 is 1.38 bits per heavy atom. The summed E-state index contributed by atoms with van der Waals surface area (Å²) in [5, 5.41) is 0. The fourth-order valence-electron chi connectivity index (χ4n) is 1.18. The van der Waals surface area contributed by atoms with Gasteiger partial charge in [0.25, 0.3) is 0 Å². The molecule has 0 unspecified atom stereocenters. The number of rotatable bonds is 4. The van der Waals surface area contributed by atoms with Crippen LogP contribution in [-0.4, -0.2) is 50.5 Å². The Morgan fingerprint density at radius 3 is 2.54 bits per heavy atom. The van der Waals surface area contributed by atoms with Crippen molar-refractivity contribution >= 4 is 0 Å². The Kier molecular flexibility index (Phi) is 4.02. The summed E-state index contributed by atoms with van der Waals surface area (Å²) in [4.78, 5) is 2.05. The van der Waals surface area contributed by atoms with Crippen LogP contribution in [0.2, 0.25) is 0 Å². The van der Waals surface area contributed by atoms with Crippen molar-refractivity contribution < 1.29 is 18.3 Å².